The van der Waals surface area contributed by atoms with E-state index in [0.717, 1.165) is 23.6 Å². The Bertz CT molecular complexity index is 625. The zero-order valence-corrected chi connectivity index (χ0v) is 13.4. The summed E-state index contributed by atoms with van der Waals surface area (Å²) in [5.41, 5.74) is 5.61. The van der Waals surface area contributed by atoms with Gasteiger partial charge in [0, 0.05) is 0 Å². The van der Waals surface area contributed by atoms with Crippen molar-refractivity contribution < 1.29 is 4.74 Å². The summed E-state index contributed by atoms with van der Waals surface area (Å²) >= 11 is 0. The lowest BCUT2D eigenvalue weighted by Crippen LogP contribution is -2.21. The summed E-state index contributed by atoms with van der Waals surface area (Å²) in [5.74, 6) is 0.880. The van der Waals surface area contributed by atoms with Crippen LogP contribution in [0.25, 0.3) is 0 Å². The van der Waals surface area contributed by atoms with Gasteiger partial charge in [0.25, 0.3) is 0 Å². The van der Waals surface area contributed by atoms with E-state index in [0.29, 0.717) is 0 Å². The average Bonchev–Trinajstić information content (AvgIpc) is 2.49. The highest BCUT2D eigenvalue weighted by Gasteiger charge is 2.19. The smallest absolute Gasteiger partial charge is 0.119 e. The predicted molar refractivity (Wildman–Crippen MR) is 84.8 cm³/mol. The van der Waals surface area contributed by atoms with Crippen LogP contribution in [0.5, 0.6) is 5.75 Å². The molecule has 0 aliphatic carbocycles. The number of hydrogen-bond acceptors (Lipinski definition) is 4. The Balaban J connectivity index is 2.51. The lowest BCUT2D eigenvalue weighted by Gasteiger charge is -2.22. The van der Waals surface area contributed by atoms with Crippen LogP contribution in [0, 0.1) is 13.8 Å². The Hall–Kier alpha value is -1.94. The van der Waals surface area contributed by atoms with Crippen molar-refractivity contribution in [2.45, 2.75) is 33.2 Å². The summed E-state index contributed by atoms with van der Waals surface area (Å²) in [6.07, 6.45) is 0.871. The first-order chi connectivity index (χ1) is 10.1. The van der Waals surface area contributed by atoms with Gasteiger partial charge in [-0.2, -0.15) is 10.2 Å². The topological polar surface area (TPSA) is 47.0 Å². The number of methoxy groups -OCH3 is 1. The largest absolute Gasteiger partial charge is 0.497 e. The van der Waals surface area contributed by atoms with Crippen LogP contribution in [0.3, 0.4) is 0 Å². The van der Waals surface area contributed by atoms with Gasteiger partial charge in [0.2, 0.25) is 0 Å². The second-order valence-corrected chi connectivity index (χ2v) is 5.19. The van der Waals surface area contributed by atoms with Gasteiger partial charge in [-0.1, -0.05) is 13.0 Å². The van der Waals surface area contributed by atoms with Crippen LogP contribution in [-0.2, 0) is 6.42 Å². The quantitative estimate of drug-likeness (QED) is 0.917. The van der Waals surface area contributed by atoms with E-state index in [-0.39, 0.29) is 6.04 Å². The Morgan fingerprint density at radius 3 is 2.48 bits per heavy atom. The van der Waals surface area contributed by atoms with E-state index in [1.54, 1.807) is 7.11 Å². The summed E-state index contributed by atoms with van der Waals surface area (Å²) in [5, 5.41) is 11.9. The maximum Gasteiger partial charge on any atom is 0.119 e. The molecular weight excluding hydrogens is 262 g/mol. The number of aromatic nitrogens is 2. The zero-order chi connectivity index (χ0) is 15.4. The lowest BCUT2D eigenvalue weighted by molar-refractivity contribution is 0.414. The van der Waals surface area contributed by atoms with Gasteiger partial charge in [0.1, 0.15) is 5.75 Å². The molecule has 112 valence electrons. The molecule has 0 saturated carbocycles. The summed E-state index contributed by atoms with van der Waals surface area (Å²) in [7, 11) is 3.67. The minimum absolute atomic E-state index is 0.111. The molecule has 0 amide bonds. The molecular formula is C17H23N3O. The van der Waals surface area contributed by atoms with Crippen LogP contribution in [0.1, 0.15) is 41.0 Å². The third-order valence-corrected chi connectivity index (χ3v) is 3.75. The maximum absolute atomic E-state index is 5.29. The molecule has 4 nitrogen and oxygen atoms in total. The first kappa shape index (κ1) is 15.4. The van der Waals surface area contributed by atoms with E-state index >= 15 is 0 Å². The minimum atomic E-state index is 0.111. The fraction of sp³-hybridized carbons (Fsp3) is 0.412. The second-order valence-electron chi connectivity index (χ2n) is 5.19. The molecule has 2 rings (SSSR count). The summed E-state index contributed by atoms with van der Waals surface area (Å²) in [6, 6.07) is 8.41. The monoisotopic (exact) mass is 285 g/mol. The van der Waals surface area contributed by atoms with Crippen molar-refractivity contribution in [1.29, 1.82) is 0 Å². The highest BCUT2D eigenvalue weighted by molar-refractivity contribution is 5.42. The predicted octanol–water partition coefficient (Wildman–Crippen LogP) is 2.97. The zero-order valence-electron chi connectivity index (χ0n) is 13.4. The SMILES string of the molecule is CCc1nnc(C)cc1C(NC)c1ccc(OC)cc1C. The molecule has 1 heterocycles. The van der Waals surface area contributed by atoms with Gasteiger partial charge in [0.15, 0.2) is 0 Å². The van der Waals surface area contributed by atoms with E-state index in [1.807, 2.05) is 20.0 Å². The minimum Gasteiger partial charge on any atom is -0.497 e. The maximum atomic E-state index is 5.29. The standard InChI is InChI=1S/C17H23N3O/c1-6-16-15(10-12(3)19-20-16)17(18-4)14-8-7-13(21-5)9-11(14)2/h7-10,17-18H,6H2,1-5H3. The molecule has 0 aliphatic rings. The molecule has 0 aliphatic heterocycles. The molecule has 1 atom stereocenters. The molecule has 0 bridgehead atoms. The van der Waals surface area contributed by atoms with E-state index < -0.39 is 0 Å². The van der Waals surface area contributed by atoms with E-state index in [1.165, 1.54) is 16.7 Å². The van der Waals surface area contributed by atoms with Gasteiger partial charge < -0.3 is 10.1 Å². The summed E-state index contributed by atoms with van der Waals surface area (Å²) < 4.78 is 5.29. The van der Waals surface area contributed by atoms with Crippen LogP contribution in [-0.4, -0.2) is 24.4 Å². The third kappa shape index (κ3) is 3.22. The second kappa shape index (κ2) is 6.68. The summed E-state index contributed by atoms with van der Waals surface area (Å²) in [6.45, 7) is 6.19. The fourth-order valence-corrected chi connectivity index (χ4v) is 2.64. The van der Waals surface area contributed by atoms with Gasteiger partial charge >= 0.3 is 0 Å². The molecule has 4 heteroatoms. The fourth-order valence-electron chi connectivity index (χ4n) is 2.64. The van der Waals surface area contributed by atoms with Crippen LogP contribution in [0.4, 0.5) is 0 Å². The highest BCUT2D eigenvalue weighted by atomic mass is 16.5. The van der Waals surface area contributed by atoms with Crippen molar-refractivity contribution in [3.05, 3.63) is 52.3 Å². The molecule has 0 spiro atoms. The number of ether oxygens (including phenoxy) is 1. The Kier molecular flexibility index (Phi) is 4.91. The van der Waals surface area contributed by atoms with Crippen molar-refractivity contribution in [2.75, 3.05) is 14.2 Å². The van der Waals surface area contributed by atoms with Gasteiger partial charge in [-0.25, -0.2) is 0 Å². The van der Waals surface area contributed by atoms with Gasteiger partial charge in [-0.3, -0.25) is 0 Å². The van der Waals surface area contributed by atoms with Crippen LogP contribution >= 0.6 is 0 Å². The van der Waals surface area contributed by atoms with Crippen molar-refractivity contribution in [2.24, 2.45) is 0 Å². The first-order valence-electron chi connectivity index (χ1n) is 7.25. The molecule has 1 aromatic heterocycles. The van der Waals surface area contributed by atoms with Crippen molar-refractivity contribution >= 4 is 0 Å². The molecule has 0 radical (unpaired) electrons. The van der Waals surface area contributed by atoms with E-state index in [2.05, 4.69) is 47.6 Å². The molecule has 2 aromatic rings. The molecule has 1 aromatic carbocycles. The Morgan fingerprint density at radius 1 is 1.14 bits per heavy atom. The Morgan fingerprint density at radius 2 is 1.90 bits per heavy atom. The van der Waals surface area contributed by atoms with Crippen LogP contribution < -0.4 is 10.1 Å². The van der Waals surface area contributed by atoms with Crippen molar-refractivity contribution in [1.82, 2.24) is 15.5 Å². The lowest BCUT2D eigenvalue weighted by atomic mass is 9.93. The van der Waals surface area contributed by atoms with Gasteiger partial charge in [-0.05, 0) is 62.2 Å². The number of rotatable bonds is 5. The van der Waals surface area contributed by atoms with Crippen LogP contribution in [0.2, 0.25) is 0 Å². The van der Waals surface area contributed by atoms with Crippen molar-refractivity contribution in [3.63, 3.8) is 0 Å². The van der Waals surface area contributed by atoms with Gasteiger partial charge in [0.05, 0.1) is 24.5 Å². The molecule has 0 fully saturated rings. The van der Waals surface area contributed by atoms with E-state index in [4.69, 9.17) is 4.74 Å². The number of nitrogens with one attached hydrogen (secondary N) is 1. The molecule has 1 unspecified atom stereocenters. The summed E-state index contributed by atoms with van der Waals surface area (Å²) in [4.78, 5) is 0. The van der Waals surface area contributed by atoms with Crippen molar-refractivity contribution in [3.8, 4) is 5.75 Å². The number of benzene rings is 1. The number of nitrogens with zero attached hydrogens (tertiary/aromatic N) is 2. The number of hydrogen-bond donors (Lipinski definition) is 1. The third-order valence-electron chi connectivity index (χ3n) is 3.75. The van der Waals surface area contributed by atoms with Crippen LogP contribution in [0.15, 0.2) is 24.3 Å². The van der Waals surface area contributed by atoms with Gasteiger partial charge in [-0.15, -0.1) is 0 Å². The first-order valence-corrected chi connectivity index (χ1v) is 7.25. The Labute approximate surface area is 126 Å². The normalized spacial score (nSPS) is 12.2. The average molecular weight is 285 g/mol. The van der Waals surface area contributed by atoms with E-state index in [9.17, 15) is 0 Å². The number of aryl methyl sites for hydroxylation is 3. The molecule has 1 N–H and O–H groups in total. The highest BCUT2D eigenvalue weighted by Crippen LogP contribution is 2.29. The molecule has 21 heavy (non-hydrogen) atoms. The molecule has 0 saturated heterocycles.